The van der Waals surface area contributed by atoms with E-state index in [2.05, 4.69) is 16.0 Å². The van der Waals surface area contributed by atoms with Gasteiger partial charge in [-0.15, -0.1) is 0 Å². The Bertz CT molecular complexity index is 912. The van der Waals surface area contributed by atoms with Crippen LogP contribution in [-0.4, -0.2) is 29.9 Å². The summed E-state index contributed by atoms with van der Waals surface area (Å²) < 4.78 is 5.42. The fraction of sp³-hybridized carbons (Fsp3) is 0.238. The molecule has 3 rings (SSSR count). The molecule has 3 N–H and O–H groups in total. The van der Waals surface area contributed by atoms with E-state index in [1.165, 1.54) is 0 Å². The molecule has 150 valence electrons. The normalized spacial score (nSPS) is 16.5. The molecule has 0 bridgehead atoms. The molecule has 0 radical (unpaired) electrons. The van der Waals surface area contributed by atoms with Crippen molar-refractivity contribution < 1.29 is 23.9 Å². The van der Waals surface area contributed by atoms with Crippen molar-refractivity contribution in [2.45, 2.75) is 31.9 Å². The number of nitrogens with one attached hydrogen (secondary N) is 3. The smallest absolute Gasteiger partial charge is 0.322 e. The molecule has 0 spiro atoms. The van der Waals surface area contributed by atoms with Crippen LogP contribution in [0.3, 0.4) is 0 Å². The van der Waals surface area contributed by atoms with E-state index < -0.39 is 36.0 Å². The number of urea groups is 1. The van der Waals surface area contributed by atoms with Crippen LogP contribution < -0.4 is 16.0 Å². The Morgan fingerprint density at radius 1 is 1.07 bits per heavy atom. The number of hydrogen-bond acceptors (Lipinski definition) is 5. The van der Waals surface area contributed by atoms with Crippen molar-refractivity contribution in [3.8, 4) is 0 Å². The van der Waals surface area contributed by atoms with E-state index in [1.807, 2.05) is 19.1 Å². The lowest BCUT2D eigenvalue weighted by Crippen LogP contribution is -2.30. The van der Waals surface area contributed by atoms with Crippen molar-refractivity contribution in [2.24, 2.45) is 0 Å². The highest BCUT2D eigenvalue weighted by molar-refractivity contribution is 6.04. The molecule has 8 heteroatoms. The van der Waals surface area contributed by atoms with Crippen LogP contribution in [0, 0.1) is 6.92 Å². The molecule has 29 heavy (non-hydrogen) atoms. The zero-order chi connectivity index (χ0) is 20.8. The summed E-state index contributed by atoms with van der Waals surface area (Å²) in [6, 6.07) is 14.5. The molecular formula is C21H21N3O5. The minimum atomic E-state index is -1.14. The molecule has 4 amide bonds. The minimum absolute atomic E-state index is 0.0809. The van der Waals surface area contributed by atoms with Gasteiger partial charge < -0.3 is 15.4 Å². The second kappa shape index (κ2) is 9.01. The number of carbonyl (C=O) groups excluding carboxylic acids is 4. The van der Waals surface area contributed by atoms with Crippen LogP contribution in [0.15, 0.2) is 54.6 Å². The summed E-state index contributed by atoms with van der Waals surface area (Å²) in [6.07, 6.45) is -1.19. The van der Waals surface area contributed by atoms with Crippen molar-refractivity contribution in [3.05, 3.63) is 65.7 Å². The molecule has 1 saturated heterocycles. The summed E-state index contributed by atoms with van der Waals surface area (Å²) >= 11 is 0. The van der Waals surface area contributed by atoms with E-state index in [4.69, 9.17) is 4.74 Å². The van der Waals surface area contributed by atoms with Crippen LogP contribution in [-0.2, 0) is 19.1 Å². The lowest BCUT2D eigenvalue weighted by Gasteiger charge is -2.18. The number of ether oxygens (including phenoxy) is 1. The Morgan fingerprint density at radius 3 is 2.38 bits per heavy atom. The van der Waals surface area contributed by atoms with Crippen LogP contribution >= 0.6 is 0 Å². The molecule has 0 saturated carbocycles. The first-order valence-electron chi connectivity index (χ1n) is 9.15. The quantitative estimate of drug-likeness (QED) is 0.491. The summed E-state index contributed by atoms with van der Waals surface area (Å²) in [6.45, 7) is 1.94. The third-order valence-corrected chi connectivity index (χ3v) is 4.40. The molecule has 1 heterocycles. The van der Waals surface area contributed by atoms with Gasteiger partial charge in [0, 0.05) is 17.7 Å². The van der Waals surface area contributed by atoms with Crippen LogP contribution in [0.4, 0.5) is 10.5 Å². The van der Waals surface area contributed by atoms with Gasteiger partial charge in [-0.3, -0.25) is 19.7 Å². The first kappa shape index (κ1) is 20.1. The maximum atomic E-state index is 12.8. The Labute approximate surface area is 167 Å². The summed E-state index contributed by atoms with van der Waals surface area (Å²) in [7, 11) is 0. The van der Waals surface area contributed by atoms with Crippen LogP contribution in [0.1, 0.15) is 30.1 Å². The van der Waals surface area contributed by atoms with E-state index in [9.17, 15) is 19.2 Å². The number of imide groups is 1. The molecule has 1 aliphatic heterocycles. The second-order valence-electron chi connectivity index (χ2n) is 6.69. The summed E-state index contributed by atoms with van der Waals surface area (Å²) in [5.74, 6) is -1.62. The standard InChI is InChI=1S/C21H21N3O5/c1-13-7-9-15(10-8-13)22-20(27)18(14-5-3-2-4-6-14)29-17(25)12-11-16-19(26)24-21(28)23-16/h2-10,16,18H,11-12H2,1H3,(H,22,27)(H2,23,24,26,28)/t16-,18-/m1/s1. The number of rotatable bonds is 7. The van der Waals surface area contributed by atoms with Crippen molar-refractivity contribution in [3.63, 3.8) is 0 Å². The molecule has 0 aromatic heterocycles. The summed E-state index contributed by atoms with van der Waals surface area (Å²) in [5.41, 5.74) is 2.16. The lowest BCUT2D eigenvalue weighted by molar-refractivity contribution is -0.155. The van der Waals surface area contributed by atoms with E-state index >= 15 is 0 Å². The molecule has 0 aliphatic carbocycles. The highest BCUT2D eigenvalue weighted by Crippen LogP contribution is 2.21. The van der Waals surface area contributed by atoms with E-state index in [-0.39, 0.29) is 12.8 Å². The fourth-order valence-corrected chi connectivity index (χ4v) is 2.86. The fourth-order valence-electron chi connectivity index (χ4n) is 2.86. The number of esters is 1. The molecule has 1 aliphatic rings. The Kier molecular flexibility index (Phi) is 6.23. The Hall–Kier alpha value is -3.68. The molecule has 2 aromatic carbocycles. The molecule has 2 aromatic rings. The monoisotopic (exact) mass is 395 g/mol. The van der Waals surface area contributed by atoms with Crippen molar-refractivity contribution in [1.82, 2.24) is 10.6 Å². The van der Waals surface area contributed by atoms with E-state index in [0.717, 1.165) is 5.56 Å². The Balaban J connectivity index is 1.66. The van der Waals surface area contributed by atoms with E-state index in [1.54, 1.807) is 42.5 Å². The van der Waals surface area contributed by atoms with Gasteiger partial charge in [0.25, 0.3) is 11.8 Å². The average Bonchev–Trinajstić information content (AvgIpc) is 3.04. The zero-order valence-electron chi connectivity index (χ0n) is 15.8. The number of anilines is 1. The number of aryl methyl sites for hydroxylation is 1. The second-order valence-corrected chi connectivity index (χ2v) is 6.69. The SMILES string of the molecule is Cc1ccc(NC(=O)[C@H](OC(=O)CC[C@H]2NC(=O)NC2=O)c2ccccc2)cc1. The third-order valence-electron chi connectivity index (χ3n) is 4.40. The largest absolute Gasteiger partial charge is 0.447 e. The number of amides is 4. The van der Waals surface area contributed by atoms with Crippen LogP contribution in [0.25, 0.3) is 0 Å². The highest BCUT2D eigenvalue weighted by atomic mass is 16.5. The topological polar surface area (TPSA) is 114 Å². The number of carbonyl (C=O) groups is 4. The van der Waals surface area contributed by atoms with Crippen molar-refractivity contribution >= 4 is 29.5 Å². The van der Waals surface area contributed by atoms with Crippen LogP contribution in [0.5, 0.6) is 0 Å². The molecule has 2 atom stereocenters. The molecule has 0 unspecified atom stereocenters. The molecule has 8 nitrogen and oxygen atoms in total. The van der Waals surface area contributed by atoms with Gasteiger partial charge in [-0.05, 0) is 25.5 Å². The maximum Gasteiger partial charge on any atom is 0.322 e. The first-order valence-corrected chi connectivity index (χ1v) is 9.15. The van der Waals surface area contributed by atoms with Gasteiger partial charge in [-0.2, -0.15) is 0 Å². The van der Waals surface area contributed by atoms with Gasteiger partial charge in [0.05, 0.1) is 0 Å². The van der Waals surface area contributed by atoms with Gasteiger partial charge in [-0.1, -0.05) is 48.0 Å². The van der Waals surface area contributed by atoms with Gasteiger partial charge >= 0.3 is 12.0 Å². The van der Waals surface area contributed by atoms with Crippen molar-refractivity contribution in [2.75, 3.05) is 5.32 Å². The first-order chi connectivity index (χ1) is 13.9. The van der Waals surface area contributed by atoms with Gasteiger partial charge in [-0.25, -0.2) is 4.79 Å². The minimum Gasteiger partial charge on any atom is -0.447 e. The van der Waals surface area contributed by atoms with Gasteiger partial charge in [0.1, 0.15) is 6.04 Å². The Morgan fingerprint density at radius 2 is 1.76 bits per heavy atom. The number of benzene rings is 2. The summed E-state index contributed by atoms with van der Waals surface area (Å²) in [4.78, 5) is 47.8. The highest BCUT2D eigenvalue weighted by Gasteiger charge is 2.31. The van der Waals surface area contributed by atoms with E-state index in [0.29, 0.717) is 11.3 Å². The van der Waals surface area contributed by atoms with Gasteiger partial charge in [0.15, 0.2) is 0 Å². The predicted molar refractivity (Wildman–Crippen MR) is 105 cm³/mol. The van der Waals surface area contributed by atoms with Crippen molar-refractivity contribution in [1.29, 1.82) is 0 Å². The number of hydrogen-bond donors (Lipinski definition) is 3. The maximum absolute atomic E-state index is 12.8. The average molecular weight is 395 g/mol. The molecular weight excluding hydrogens is 374 g/mol. The zero-order valence-corrected chi connectivity index (χ0v) is 15.8. The van der Waals surface area contributed by atoms with Gasteiger partial charge in [0.2, 0.25) is 6.10 Å². The lowest BCUT2D eigenvalue weighted by atomic mass is 10.1. The third kappa shape index (κ3) is 5.41. The summed E-state index contributed by atoms with van der Waals surface area (Å²) in [5, 5.41) is 7.26. The van der Waals surface area contributed by atoms with Crippen LogP contribution in [0.2, 0.25) is 0 Å². The predicted octanol–water partition coefficient (Wildman–Crippen LogP) is 2.21. The molecule has 1 fully saturated rings.